The van der Waals surface area contributed by atoms with Gasteiger partial charge in [0.2, 0.25) is 0 Å². The molecule has 0 spiro atoms. The second kappa shape index (κ2) is 11.0. The molecule has 9 nitrogen and oxygen atoms in total. The Morgan fingerprint density at radius 3 is 2.41 bits per heavy atom. The van der Waals surface area contributed by atoms with Crippen molar-refractivity contribution >= 4 is 21.4 Å². The van der Waals surface area contributed by atoms with Crippen molar-refractivity contribution in [1.82, 2.24) is 34.9 Å². The van der Waals surface area contributed by atoms with Crippen molar-refractivity contribution in [3.63, 3.8) is 0 Å². The lowest BCUT2D eigenvalue weighted by molar-refractivity contribution is 0.495. The van der Waals surface area contributed by atoms with E-state index in [-0.39, 0.29) is 40.3 Å². The molecule has 0 saturated carbocycles. The SMILES string of the molecule is CC[C@@](C)(c1ccnc(-n2cnc(CCS(C)(=O)=O)n2)n1)c1nnc(-c2c(F)cc(Cl)cc2F)cc1C(C)C. The number of hydrogen-bond acceptors (Lipinski definition) is 8. The quantitative estimate of drug-likeness (QED) is 0.277. The zero-order valence-electron chi connectivity index (χ0n) is 22.2. The standard InChI is InChI=1S/C26H28ClF2N7O2S/c1-6-26(4,21-7-9-30-25(32-21)36-14-31-22(35-36)8-10-39(5,37)38)24-17(15(2)3)13-20(33-34-24)23-18(28)11-16(27)12-19(23)29/h7,9,11-15H,6,8,10H2,1-5H3/t26-/m0/s1. The molecule has 0 aliphatic heterocycles. The summed E-state index contributed by atoms with van der Waals surface area (Å²) in [5.74, 6) is -1.14. The molecule has 0 radical (unpaired) electrons. The summed E-state index contributed by atoms with van der Waals surface area (Å²) < 4.78 is 53.7. The van der Waals surface area contributed by atoms with Crippen molar-refractivity contribution in [2.45, 2.75) is 51.9 Å². The topological polar surface area (TPSA) is 116 Å². The largest absolute Gasteiger partial charge is 0.252 e. The molecule has 3 heterocycles. The molecule has 206 valence electrons. The first kappa shape index (κ1) is 28.6. The lowest BCUT2D eigenvalue weighted by Crippen LogP contribution is -2.29. The van der Waals surface area contributed by atoms with Gasteiger partial charge in [0.05, 0.1) is 33.8 Å². The predicted octanol–water partition coefficient (Wildman–Crippen LogP) is 4.87. The Morgan fingerprint density at radius 1 is 1.10 bits per heavy atom. The molecule has 1 aromatic carbocycles. The van der Waals surface area contributed by atoms with Gasteiger partial charge in [-0.2, -0.15) is 9.78 Å². The van der Waals surface area contributed by atoms with Crippen LogP contribution in [0.2, 0.25) is 5.02 Å². The number of sulfone groups is 1. The summed E-state index contributed by atoms with van der Waals surface area (Å²) in [4.78, 5) is 13.2. The van der Waals surface area contributed by atoms with Crippen LogP contribution in [0, 0.1) is 11.6 Å². The number of aromatic nitrogens is 7. The van der Waals surface area contributed by atoms with Gasteiger partial charge in [-0.05, 0) is 49.1 Å². The van der Waals surface area contributed by atoms with Gasteiger partial charge < -0.3 is 0 Å². The highest BCUT2D eigenvalue weighted by molar-refractivity contribution is 7.90. The van der Waals surface area contributed by atoms with Crippen LogP contribution in [-0.4, -0.2) is 55.4 Å². The number of nitrogens with zero attached hydrogens (tertiary/aromatic N) is 7. The van der Waals surface area contributed by atoms with E-state index >= 15 is 0 Å². The molecular weight excluding hydrogens is 548 g/mol. The summed E-state index contributed by atoms with van der Waals surface area (Å²) in [6.07, 6.45) is 4.94. The van der Waals surface area contributed by atoms with Crippen molar-refractivity contribution < 1.29 is 17.2 Å². The molecule has 0 aliphatic rings. The number of aryl methyl sites for hydroxylation is 1. The summed E-state index contributed by atoms with van der Waals surface area (Å²) in [7, 11) is -3.16. The molecule has 0 saturated heterocycles. The van der Waals surface area contributed by atoms with Gasteiger partial charge in [-0.1, -0.05) is 32.4 Å². The third kappa shape index (κ3) is 6.11. The van der Waals surface area contributed by atoms with E-state index in [4.69, 9.17) is 16.6 Å². The Balaban J connectivity index is 1.76. The fourth-order valence-electron chi connectivity index (χ4n) is 4.21. The molecule has 0 fully saturated rings. The van der Waals surface area contributed by atoms with E-state index in [1.807, 2.05) is 27.7 Å². The first-order chi connectivity index (χ1) is 18.3. The summed E-state index contributed by atoms with van der Waals surface area (Å²) in [5.41, 5.74) is 1.06. The minimum atomic E-state index is -3.16. The molecule has 4 aromatic rings. The van der Waals surface area contributed by atoms with Crippen LogP contribution in [0.15, 0.2) is 36.8 Å². The van der Waals surface area contributed by atoms with Crippen LogP contribution in [0.4, 0.5) is 8.78 Å². The molecule has 0 N–H and O–H groups in total. The van der Waals surface area contributed by atoms with Gasteiger partial charge in [-0.25, -0.2) is 32.2 Å². The highest BCUT2D eigenvalue weighted by Crippen LogP contribution is 2.39. The number of halogens is 3. The lowest BCUT2D eigenvalue weighted by atomic mass is 9.76. The maximum absolute atomic E-state index is 14.7. The van der Waals surface area contributed by atoms with Crippen molar-refractivity contribution in [2.24, 2.45) is 0 Å². The van der Waals surface area contributed by atoms with Gasteiger partial charge in [0.25, 0.3) is 5.95 Å². The zero-order chi connectivity index (χ0) is 28.5. The molecule has 39 heavy (non-hydrogen) atoms. The van der Waals surface area contributed by atoms with Gasteiger partial charge in [-0.15, -0.1) is 10.2 Å². The summed E-state index contributed by atoms with van der Waals surface area (Å²) in [5, 5.41) is 13.0. The Morgan fingerprint density at radius 2 is 1.79 bits per heavy atom. The van der Waals surface area contributed by atoms with Crippen LogP contribution < -0.4 is 0 Å². The van der Waals surface area contributed by atoms with Crippen LogP contribution in [0.5, 0.6) is 0 Å². The zero-order valence-corrected chi connectivity index (χ0v) is 23.7. The molecular formula is C26H28ClF2N7O2S. The third-order valence-corrected chi connectivity index (χ3v) is 7.75. The Kier molecular flexibility index (Phi) is 8.08. The molecule has 13 heteroatoms. The smallest absolute Gasteiger partial charge is 0.229 e. The molecule has 3 aromatic heterocycles. The second-order valence-corrected chi connectivity index (χ2v) is 12.5. The molecule has 0 aliphatic carbocycles. The summed E-state index contributed by atoms with van der Waals surface area (Å²) in [6.45, 7) is 7.89. The van der Waals surface area contributed by atoms with Gasteiger partial charge >= 0.3 is 0 Å². The Bertz CT molecular complexity index is 1610. The molecule has 0 unspecified atom stereocenters. The first-order valence-corrected chi connectivity index (χ1v) is 14.7. The van der Waals surface area contributed by atoms with Gasteiger partial charge in [0.15, 0.2) is 5.82 Å². The fraction of sp³-hybridized carbons (Fsp3) is 0.385. The van der Waals surface area contributed by atoms with Crippen LogP contribution in [0.1, 0.15) is 62.8 Å². The van der Waals surface area contributed by atoms with Crippen LogP contribution in [0.25, 0.3) is 17.2 Å². The van der Waals surface area contributed by atoms with E-state index < -0.39 is 26.9 Å². The fourth-order valence-corrected chi connectivity index (χ4v) is 4.95. The number of hydrogen-bond donors (Lipinski definition) is 0. The van der Waals surface area contributed by atoms with Crippen LogP contribution in [-0.2, 0) is 21.7 Å². The normalized spacial score (nSPS) is 13.6. The van der Waals surface area contributed by atoms with Crippen molar-refractivity contribution in [2.75, 3.05) is 12.0 Å². The minimum Gasteiger partial charge on any atom is -0.229 e. The highest BCUT2D eigenvalue weighted by atomic mass is 35.5. The Hall–Kier alpha value is -3.38. The predicted molar refractivity (Wildman–Crippen MR) is 144 cm³/mol. The van der Waals surface area contributed by atoms with Crippen molar-refractivity contribution in [1.29, 1.82) is 0 Å². The van der Waals surface area contributed by atoms with Gasteiger partial charge in [0.1, 0.15) is 27.8 Å². The number of rotatable bonds is 9. The Labute approximate surface area is 230 Å². The summed E-state index contributed by atoms with van der Waals surface area (Å²) >= 11 is 5.79. The highest BCUT2D eigenvalue weighted by Gasteiger charge is 2.35. The molecule has 0 bridgehead atoms. The third-order valence-electron chi connectivity index (χ3n) is 6.59. The monoisotopic (exact) mass is 575 g/mol. The molecule has 4 rings (SSSR count). The maximum atomic E-state index is 14.7. The van der Waals surface area contributed by atoms with Crippen molar-refractivity contribution in [3.8, 4) is 17.2 Å². The number of benzene rings is 1. The van der Waals surface area contributed by atoms with E-state index in [1.165, 1.54) is 11.0 Å². The summed E-state index contributed by atoms with van der Waals surface area (Å²) in [6, 6.07) is 5.51. The minimum absolute atomic E-state index is 0.0459. The van der Waals surface area contributed by atoms with Gasteiger partial charge in [0, 0.05) is 23.9 Å². The second-order valence-electron chi connectivity index (χ2n) is 9.85. The van der Waals surface area contributed by atoms with E-state index in [0.717, 1.165) is 24.0 Å². The average molecular weight is 576 g/mol. The van der Waals surface area contributed by atoms with Crippen LogP contribution >= 0.6 is 11.6 Å². The van der Waals surface area contributed by atoms with Gasteiger partial charge in [-0.3, -0.25) is 0 Å². The van der Waals surface area contributed by atoms with E-state index in [2.05, 4.69) is 25.3 Å². The molecule has 0 amide bonds. The lowest BCUT2D eigenvalue weighted by Gasteiger charge is -2.30. The van der Waals surface area contributed by atoms with Crippen molar-refractivity contribution in [3.05, 3.63) is 76.2 Å². The average Bonchev–Trinajstić information content (AvgIpc) is 3.35. The molecule has 1 atom stereocenters. The van der Waals surface area contributed by atoms with Crippen LogP contribution in [0.3, 0.4) is 0 Å². The van der Waals surface area contributed by atoms with E-state index in [0.29, 0.717) is 23.6 Å². The van der Waals surface area contributed by atoms with E-state index in [9.17, 15) is 17.2 Å². The first-order valence-electron chi connectivity index (χ1n) is 12.3. The maximum Gasteiger partial charge on any atom is 0.252 e. The van der Waals surface area contributed by atoms with E-state index in [1.54, 1.807) is 18.3 Å².